The number of hydrogen-bond donors (Lipinski definition) is 1. The Labute approximate surface area is 170 Å². The van der Waals surface area contributed by atoms with Crippen molar-refractivity contribution in [2.24, 2.45) is 5.92 Å². The van der Waals surface area contributed by atoms with Gasteiger partial charge in [-0.05, 0) is 83.7 Å². The van der Waals surface area contributed by atoms with Crippen LogP contribution in [0.1, 0.15) is 55.4 Å². The van der Waals surface area contributed by atoms with Crippen molar-refractivity contribution in [1.29, 1.82) is 0 Å². The summed E-state index contributed by atoms with van der Waals surface area (Å²) in [4.78, 5) is 0. The summed E-state index contributed by atoms with van der Waals surface area (Å²) in [5, 5.41) is 10.4. The van der Waals surface area contributed by atoms with Crippen molar-refractivity contribution < 1.29 is 5.11 Å². The third-order valence-corrected chi connectivity index (χ3v) is 5.89. The smallest absolute Gasteiger partial charge is 0.0963 e. The van der Waals surface area contributed by atoms with Gasteiger partial charge in [-0.15, -0.1) is 0 Å². The first-order valence-corrected chi connectivity index (χ1v) is 10.5. The molecule has 1 heteroatoms. The van der Waals surface area contributed by atoms with E-state index >= 15 is 0 Å². The maximum Gasteiger partial charge on any atom is 0.0963 e. The topological polar surface area (TPSA) is 20.2 Å². The second-order valence-corrected chi connectivity index (χ2v) is 7.70. The molecule has 0 heterocycles. The van der Waals surface area contributed by atoms with Gasteiger partial charge in [-0.2, -0.15) is 0 Å². The minimum atomic E-state index is 0.253. The normalized spacial score (nSPS) is 18.4. The molecule has 2 aromatic carbocycles. The second-order valence-electron chi connectivity index (χ2n) is 7.70. The fourth-order valence-electron chi connectivity index (χ4n) is 4.18. The average Bonchev–Trinajstić information content (AvgIpc) is 2.71. The molecule has 0 radical (unpaired) electrons. The van der Waals surface area contributed by atoms with Gasteiger partial charge in [0.05, 0.1) is 5.76 Å². The van der Waals surface area contributed by atoms with Crippen LogP contribution in [0, 0.1) is 19.8 Å². The Hall–Kier alpha value is -2.54. The van der Waals surface area contributed by atoms with E-state index in [1.165, 1.54) is 33.4 Å². The maximum absolute atomic E-state index is 10.4. The number of rotatable bonds is 2. The molecule has 1 N–H and O–H groups in total. The predicted octanol–water partition coefficient (Wildman–Crippen LogP) is 7.73. The first kappa shape index (κ1) is 20.2. The van der Waals surface area contributed by atoms with Crippen LogP contribution in [0.15, 0.2) is 66.0 Å². The van der Waals surface area contributed by atoms with Gasteiger partial charge in [0.1, 0.15) is 0 Å². The van der Waals surface area contributed by atoms with Crippen molar-refractivity contribution in [3.63, 3.8) is 0 Å². The van der Waals surface area contributed by atoms with E-state index in [1.807, 2.05) is 13.8 Å². The fraction of sp³-hybridized carbons (Fsp3) is 0.333. The minimum absolute atomic E-state index is 0.253. The first-order chi connectivity index (χ1) is 13.5. The van der Waals surface area contributed by atoms with Crippen LogP contribution in [0.3, 0.4) is 0 Å². The molecule has 2 aliphatic carbocycles. The van der Waals surface area contributed by atoms with Crippen LogP contribution in [-0.4, -0.2) is 5.11 Å². The van der Waals surface area contributed by atoms with Crippen LogP contribution >= 0.6 is 0 Å². The highest BCUT2D eigenvalue weighted by molar-refractivity contribution is 5.71. The van der Waals surface area contributed by atoms with Crippen molar-refractivity contribution in [1.82, 2.24) is 0 Å². The predicted molar refractivity (Wildman–Crippen MR) is 122 cm³/mol. The molecule has 1 nitrogen and oxygen atoms in total. The van der Waals surface area contributed by atoms with Crippen LogP contribution in [0.25, 0.3) is 17.2 Å². The van der Waals surface area contributed by atoms with Gasteiger partial charge in [-0.25, -0.2) is 0 Å². The molecule has 2 aliphatic rings. The van der Waals surface area contributed by atoms with Crippen LogP contribution < -0.4 is 0 Å². The molecule has 0 amide bonds. The molecule has 1 atom stereocenters. The lowest BCUT2D eigenvalue weighted by atomic mass is 9.78. The molecule has 0 fully saturated rings. The van der Waals surface area contributed by atoms with Gasteiger partial charge in [0.25, 0.3) is 0 Å². The highest BCUT2D eigenvalue weighted by Gasteiger charge is 2.25. The van der Waals surface area contributed by atoms with Gasteiger partial charge in [-0.3, -0.25) is 0 Å². The number of fused-ring (bicyclic) bond motifs is 1. The fourth-order valence-corrected chi connectivity index (χ4v) is 4.18. The summed E-state index contributed by atoms with van der Waals surface area (Å²) in [7, 11) is 0. The zero-order valence-electron chi connectivity index (χ0n) is 17.7. The van der Waals surface area contributed by atoms with Gasteiger partial charge < -0.3 is 5.11 Å². The van der Waals surface area contributed by atoms with Gasteiger partial charge in [0, 0.05) is 12.3 Å². The second kappa shape index (κ2) is 8.65. The van der Waals surface area contributed by atoms with Crippen LogP contribution in [0.2, 0.25) is 0 Å². The summed E-state index contributed by atoms with van der Waals surface area (Å²) in [6, 6.07) is 13.4. The molecule has 0 aliphatic heterocycles. The Morgan fingerprint density at radius 2 is 1.64 bits per heavy atom. The quantitative estimate of drug-likeness (QED) is 0.571. The van der Waals surface area contributed by atoms with Gasteiger partial charge in [-0.1, -0.05) is 62.9 Å². The number of benzene rings is 2. The Bertz CT molecular complexity index is 943. The minimum Gasteiger partial charge on any atom is -0.512 e. The molecule has 146 valence electrons. The van der Waals surface area contributed by atoms with Crippen molar-refractivity contribution in [2.75, 3.05) is 0 Å². The van der Waals surface area contributed by atoms with Crippen molar-refractivity contribution in [2.45, 2.75) is 53.4 Å². The average molecular weight is 373 g/mol. The standard InChI is InChI=1S/C25H26O.C2H6/c1-16-7-8-19(13-18(16)3)20-9-10-22-15-23(12-11-21(22)14-20)25-17(2)5-4-6-24(25)26;1-2/h7-14,23,26H,2,4-6,15H2,1,3H3;1-2H3. The summed E-state index contributed by atoms with van der Waals surface area (Å²) < 4.78 is 0. The van der Waals surface area contributed by atoms with Crippen molar-refractivity contribution >= 4 is 6.08 Å². The van der Waals surface area contributed by atoms with Crippen LogP contribution in [0.5, 0.6) is 0 Å². The first-order valence-electron chi connectivity index (χ1n) is 10.5. The van der Waals surface area contributed by atoms with E-state index < -0.39 is 0 Å². The largest absolute Gasteiger partial charge is 0.512 e. The lowest BCUT2D eigenvalue weighted by molar-refractivity contribution is 0.362. The Kier molecular flexibility index (Phi) is 6.24. The molecule has 0 saturated carbocycles. The number of hydrogen-bond acceptors (Lipinski definition) is 1. The number of aliphatic hydroxyl groups is 1. The lowest BCUT2D eigenvalue weighted by Gasteiger charge is -2.27. The summed E-state index contributed by atoms with van der Waals surface area (Å²) in [6.07, 6.45) is 8.21. The number of aryl methyl sites for hydroxylation is 2. The zero-order chi connectivity index (χ0) is 20.3. The molecule has 0 bridgehead atoms. The molecule has 0 spiro atoms. The molecular formula is C27H32O. The molecular weight excluding hydrogens is 340 g/mol. The van der Waals surface area contributed by atoms with E-state index in [9.17, 15) is 5.11 Å². The Morgan fingerprint density at radius 3 is 2.36 bits per heavy atom. The van der Waals surface area contributed by atoms with E-state index in [0.29, 0.717) is 5.76 Å². The molecule has 0 saturated heterocycles. The molecule has 4 rings (SSSR count). The SMILES string of the molecule is C=C1CCCC(O)=C1C1C=Cc2cc(-c3ccc(C)c(C)c3)ccc2C1.CC. The van der Waals surface area contributed by atoms with Gasteiger partial charge >= 0.3 is 0 Å². The lowest BCUT2D eigenvalue weighted by Crippen LogP contribution is -2.15. The summed E-state index contributed by atoms with van der Waals surface area (Å²) in [5.41, 5.74) is 10.0. The van der Waals surface area contributed by atoms with Gasteiger partial charge in [0.15, 0.2) is 0 Å². The van der Waals surface area contributed by atoms with Crippen LogP contribution in [0.4, 0.5) is 0 Å². The monoisotopic (exact) mass is 372 g/mol. The highest BCUT2D eigenvalue weighted by atomic mass is 16.3. The van der Waals surface area contributed by atoms with E-state index in [2.05, 4.69) is 69.0 Å². The summed E-state index contributed by atoms with van der Waals surface area (Å²) in [5.74, 6) is 0.800. The van der Waals surface area contributed by atoms with E-state index in [0.717, 1.165) is 36.8 Å². The van der Waals surface area contributed by atoms with Gasteiger partial charge in [0.2, 0.25) is 0 Å². The summed E-state index contributed by atoms with van der Waals surface area (Å²) in [6.45, 7) is 12.5. The van der Waals surface area contributed by atoms with Crippen molar-refractivity contribution in [3.05, 3.63) is 88.2 Å². The maximum atomic E-state index is 10.4. The summed E-state index contributed by atoms with van der Waals surface area (Å²) >= 11 is 0. The Balaban J connectivity index is 0.00000109. The number of allylic oxidation sites excluding steroid dienone is 4. The van der Waals surface area contributed by atoms with E-state index in [1.54, 1.807) is 0 Å². The number of aliphatic hydroxyl groups excluding tert-OH is 1. The molecule has 2 aromatic rings. The Morgan fingerprint density at radius 1 is 0.929 bits per heavy atom. The highest BCUT2D eigenvalue weighted by Crippen LogP contribution is 2.38. The van der Waals surface area contributed by atoms with Crippen LogP contribution in [-0.2, 0) is 6.42 Å². The molecule has 1 unspecified atom stereocenters. The third kappa shape index (κ3) is 3.99. The molecule has 28 heavy (non-hydrogen) atoms. The van der Waals surface area contributed by atoms with E-state index in [-0.39, 0.29) is 5.92 Å². The third-order valence-electron chi connectivity index (χ3n) is 5.89. The van der Waals surface area contributed by atoms with Crippen molar-refractivity contribution in [3.8, 4) is 11.1 Å². The molecule has 0 aromatic heterocycles. The van der Waals surface area contributed by atoms with E-state index in [4.69, 9.17) is 0 Å². The zero-order valence-corrected chi connectivity index (χ0v) is 17.7.